The highest BCUT2D eigenvalue weighted by Gasteiger charge is 2.17. The monoisotopic (exact) mass is 378 g/mol. The minimum absolute atomic E-state index is 0.0261. The van der Waals surface area contributed by atoms with Gasteiger partial charge in [-0.3, -0.25) is 5.32 Å². The predicted molar refractivity (Wildman–Crippen MR) is 99.0 cm³/mol. The summed E-state index contributed by atoms with van der Waals surface area (Å²) in [6.07, 6.45) is -0.109. The lowest BCUT2D eigenvalue weighted by Gasteiger charge is -2.13. The lowest BCUT2D eigenvalue weighted by Crippen LogP contribution is -2.26. The second-order valence-electron chi connectivity index (χ2n) is 5.34. The molecular formula is C18H22N2O5S. The van der Waals surface area contributed by atoms with E-state index in [1.807, 2.05) is 30.3 Å². The molecule has 140 valence electrons. The molecular weight excluding hydrogens is 356 g/mol. The quantitative estimate of drug-likeness (QED) is 0.737. The number of nitrogens with one attached hydrogen (secondary N) is 2. The van der Waals surface area contributed by atoms with Crippen LogP contribution in [-0.4, -0.2) is 34.8 Å². The number of sulfonamides is 1. The van der Waals surface area contributed by atoms with Crippen molar-refractivity contribution in [3.05, 3.63) is 54.1 Å². The molecule has 0 bridgehead atoms. The van der Waals surface area contributed by atoms with Gasteiger partial charge in [0, 0.05) is 6.54 Å². The Morgan fingerprint density at radius 1 is 1.12 bits per heavy atom. The van der Waals surface area contributed by atoms with Gasteiger partial charge < -0.3 is 9.47 Å². The Labute approximate surface area is 153 Å². The number of methoxy groups -OCH3 is 1. The van der Waals surface area contributed by atoms with Crippen LogP contribution < -0.4 is 14.8 Å². The van der Waals surface area contributed by atoms with Crippen LogP contribution in [0.3, 0.4) is 0 Å². The molecule has 0 heterocycles. The van der Waals surface area contributed by atoms with Crippen LogP contribution in [0.25, 0.3) is 0 Å². The molecule has 0 atom stereocenters. The molecule has 0 aliphatic carbocycles. The number of ether oxygens (including phenoxy) is 2. The van der Waals surface area contributed by atoms with Crippen molar-refractivity contribution >= 4 is 21.8 Å². The lowest BCUT2D eigenvalue weighted by atomic mass is 10.2. The van der Waals surface area contributed by atoms with Crippen molar-refractivity contribution in [2.45, 2.75) is 18.2 Å². The van der Waals surface area contributed by atoms with Crippen molar-refractivity contribution < 1.29 is 22.7 Å². The first-order chi connectivity index (χ1) is 12.5. The van der Waals surface area contributed by atoms with Crippen molar-refractivity contribution in [2.24, 2.45) is 0 Å². The van der Waals surface area contributed by atoms with E-state index in [-0.39, 0.29) is 23.7 Å². The fourth-order valence-electron chi connectivity index (χ4n) is 2.29. The molecule has 2 rings (SSSR count). The largest absolute Gasteiger partial charge is 0.495 e. The van der Waals surface area contributed by atoms with Gasteiger partial charge in [0.2, 0.25) is 10.0 Å². The van der Waals surface area contributed by atoms with Gasteiger partial charge in [-0.1, -0.05) is 30.3 Å². The van der Waals surface area contributed by atoms with E-state index in [2.05, 4.69) is 10.0 Å². The molecule has 7 nitrogen and oxygen atoms in total. The molecule has 0 aliphatic rings. The van der Waals surface area contributed by atoms with E-state index < -0.39 is 16.1 Å². The number of benzene rings is 2. The number of carbonyl (C=O) groups excluding carboxylic acids is 1. The fraction of sp³-hybridized carbons (Fsp3) is 0.278. The Kier molecular flexibility index (Phi) is 6.99. The zero-order valence-electron chi connectivity index (χ0n) is 14.7. The van der Waals surface area contributed by atoms with Gasteiger partial charge in [-0.2, -0.15) is 0 Å². The van der Waals surface area contributed by atoms with Crippen LogP contribution in [0.5, 0.6) is 5.75 Å². The second kappa shape index (κ2) is 9.21. The summed E-state index contributed by atoms with van der Waals surface area (Å²) in [5, 5.41) is 2.48. The summed E-state index contributed by atoms with van der Waals surface area (Å²) in [7, 11) is -2.30. The molecule has 0 radical (unpaired) electrons. The summed E-state index contributed by atoms with van der Waals surface area (Å²) in [5.74, 6) is 0.335. The van der Waals surface area contributed by atoms with Gasteiger partial charge in [-0.15, -0.1) is 0 Å². The number of rotatable bonds is 8. The van der Waals surface area contributed by atoms with E-state index in [0.717, 1.165) is 5.56 Å². The molecule has 8 heteroatoms. The lowest BCUT2D eigenvalue weighted by molar-refractivity contribution is 0.168. The minimum atomic E-state index is -3.72. The van der Waals surface area contributed by atoms with Crippen LogP contribution in [-0.2, 0) is 21.2 Å². The number of hydrogen-bond donors (Lipinski definition) is 2. The van der Waals surface area contributed by atoms with Gasteiger partial charge >= 0.3 is 6.09 Å². The zero-order valence-corrected chi connectivity index (χ0v) is 15.5. The first kappa shape index (κ1) is 19.7. The van der Waals surface area contributed by atoms with Crippen molar-refractivity contribution in [3.8, 4) is 5.75 Å². The molecule has 0 spiro atoms. The maximum Gasteiger partial charge on any atom is 0.411 e. The summed E-state index contributed by atoms with van der Waals surface area (Å²) in [4.78, 5) is 11.6. The predicted octanol–water partition coefficient (Wildman–Crippen LogP) is 2.78. The Morgan fingerprint density at radius 2 is 1.85 bits per heavy atom. The zero-order chi connectivity index (χ0) is 19.0. The van der Waals surface area contributed by atoms with Gasteiger partial charge in [-0.05, 0) is 37.1 Å². The maximum absolute atomic E-state index is 12.5. The van der Waals surface area contributed by atoms with E-state index in [1.165, 1.54) is 25.3 Å². The Balaban J connectivity index is 2.11. The molecule has 0 fully saturated rings. The van der Waals surface area contributed by atoms with Crippen LogP contribution >= 0.6 is 0 Å². The highest BCUT2D eigenvalue weighted by atomic mass is 32.2. The third kappa shape index (κ3) is 5.47. The maximum atomic E-state index is 12.5. The molecule has 26 heavy (non-hydrogen) atoms. The summed E-state index contributed by atoms with van der Waals surface area (Å²) >= 11 is 0. The van der Waals surface area contributed by atoms with Crippen LogP contribution in [0.2, 0.25) is 0 Å². The summed E-state index contributed by atoms with van der Waals surface area (Å²) < 4.78 is 37.5. The first-order valence-corrected chi connectivity index (χ1v) is 9.60. The van der Waals surface area contributed by atoms with E-state index in [0.29, 0.717) is 12.2 Å². The van der Waals surface area contributed by atoms with Crippen LogP contribution in [0, 0.1) is 0 Å². The molecule has 0 aliphatic heterocycles. The van der Waals surface area contributed by atoms with E-state index in [9.17, 15) is 13.2 Å². The average Bonchev–Trinajstić information content (AvgIpc) is 2.62. The number of anilines is 1. The van der Waals surface area contributed by atoms with Gasteiger partial charge in [0.15, 0.2) is 0 Å². The molecule has 1 amide bonds. The minimum Gasteiger partial charge on any atom is -0.495 e. The standard InChI is InChI=1S/C18H22N2O5S/c1-3-25-18(21)20-16-13-15(9-10-17(16)24-2)26(22,23)19-12-11-14-7-5-4-6-8-14/h4-10,13,19H,3,11-12H2,1-2H3,(H,20,21). The van der Waals surface area contributed by atoms with Crippen molar-refractivity contribution in [3.63, 3.8) is 0 Å². The third-order valence-electron chi connectivity index (χ3n) is 3.54. The van der Waals surface area contributed by atoms with Crippen LogP contribution in [0.4, 0.5) is 10.5 Å². The van der Waals surface area contributed by atoms with E-state index >= 15 is 0 Å². The highest BCUT2D eigenvalue weighted by molar-refractivity contribution is 7.89. The van der Waals surface area contributed by atoms with Crippen LogP contribution in [0.1, 0.15) is 12.5 Å². The SMILES string of the molecule is CCOC(=O)Nc1cc(S(=O)(=O)NCCc2ccccc2)ccc1OC. The Hall–Kier alpha value is -2.58. The molecule has 0 saturated heterocycles. The van der Waals surface area contributed by atoms with Gasteiger partial charge in [-0.25, -0.2) is 17.9 Å². The first-order valence-electron chi connectivity index (χ1n) is 8.11. The van der Waals surface area contributed by atoms with Crippen molar-refractivity contribution in [2.75, 3.05) is 25.6 Å². The summed E-state index contributed by atoms with van der Waals surface area (Å²) in [6, 6.07) is 13.8. The van der Waals surface area contributed by atoms with Crippen molar-refractivity contribution in [1.82, 2.24) is 4.72 Å². The Morgan fingerprint density at radius 3 is 2.50 bits per heavy atom. The smallest absolute Gasteiger partial charge is 0.411 e. The van der Waals surface area contributed by atoms with Gasteiger partial charge in [0.05, 0.1) is 24.3 Å². The molecule has 0 unspecified atom stereocenters. The average molecular weight is 378 g/mol. The molecule has 0 saturated carbocycles. The normalized spacial score (nSPS) is 11.0. The van der Waals surface area contributed by atoms with Crippen LogP contribution in [0.15, 0.2) is 53.4 Å². The molecule has 0 aromatic heterocycles. The van der Waals surface area contributed by atoms with Crippen molar-refractivity contribution in [1.29, 1.82) is 0 Å². The highest BCUT2D eigenvalue weighted by Crippen LogP contribution is 2.27. The number of hydrogen-bond acceptors (Lipinski definition) is 5. The fourth-order valence-corrected chi connectivity index (χ4v) is 3.34. The second-order valence-corrected chi connectivity index (χ2v) is 7.11. The molecule has 2 aromatic rings. The van der Waals surface area contributed by atoms with Gasteiger partial charge in [0.25, 0.3) is 0 Å². The summed E-state index contributed by atoms with van der Waals surface area (Å²) in [5.41, 5.74) is 1.26. The summed E-state index contributed by atoms with van der Waals surface area (Å²) in [6.45, 7) is 2.14. The number of amides is 1. The topological polar surface area (TPSA) is 93.7 Å². The van der Waals surface area contributed by atoms with E-state index in [1.54, 1.807) is 6.92 Å². The van der Waals surface area contributed by atoms with Gasteiger partial charge in [0.1, 0.15) is 5.75 Å². The number of carbonyl (C=O) groups is 1. The molecule has 2 aromatic carbocycles. The molecule has 2 N–H and O–H groups in total. The Bertz CT molecular complexity index is 838. The third-order valence-corrected chi connectivity index (χ3v) is 5.00. The van der Waals surface area contributed by atoms with E-state index in [4.69, 9.17) is 9.47 Å².